The van der Waals surface area contributed by atoms with Gasteiger partial charge in [-0.25, -0.2) is 4.79 Å². The molecule has 0 saturated heterocycles. The van der Waals surface area contributed by atoms with Crippen LogP contribution in [0, 0.1) is 0 Å². The summed E-state index contributed by atoms with van der Waals surface area (Å²) >= 11 is 3.32. The number of unbranched alkanes of at least 4 members (excludes halogenated alkanes) is 1. The molecule has 1 unspecified atom stereocenters. The van der Waals surface area contributed by atoms with E-state index in [4.69, 9.17) is 4.74 Å². The minimum Gasteiger partial charge on any atom is -0.467 e. The number of carbonyl (C=O) groups excluding carboxylic acids is 2. The first-order valence-corrected chi connectivity index (χ1v) is 7.29. The molecule has 0 heterocycles. The third kappa shape index (κ3) is 5.42. The topological polar surface area (TPSA) is 55.4 Å². The van der Waals surface area contributed by atoms with Gasteiger partial charge in [0.1, 0.15) is 0 Å². The average Bonchev–Trinajstić information content (AvgIpc) is 2.45. The molecule has 1 rings (SSSR count). The zero-order valence-corrected chi connectivity index (χ0v) is 12.5. The van der Waals surface area contributed by atoms with Crippen molar-refractivity contribution in [2.45, 2.75) is 25.3 Å². The van der Waals surface area contributed by atoms with Crippen LogP contribution < -0.4 is 5.32 Å². The van der Waals surface area contributed by atoms with Gasteiger partial charge >= 0.3 is 5.97 Å². The van der Waals surface area contributed by atoms with Crippen molar-refractivity contribution < 1.29 is 14.3 Å². The lowest BCUT2D eigenvalue weighted by atomic mass is 10.1. The van der Waals surface area contributed by atoms with Crippen LogP contribution in [-0.4, -0.2) is 24.3 Å². The van der Waals surface area contributed by atoms with Crippen LogP contribution in [0.1, 0.15) is 30.9 Å². The van der Waals surface area contributed by atoms with Gasteiger partial charge in [0.15, 0.2) is 6.04 Å². The molecule has 1 N–H and O–H groups in total. The molecule has 0 aliphatic rings. The maximum Gasteiger partial charge on any atom is 0.333 e. The molecule has 0 bridgehead atoms. The molecule has 1 amide bonds. The van der Waals surface area contributed by atoms with Gasteiger partial charge in [0.05, 0.1) is 7.11 Å². The molecule has 4 nitrogen and oxygen atoms in total. The Labute approximate surface area is 121 Å². The van der Waals surface area contributed by atoms with E-state index in [2.05, 4.69) is 21.2 Å². The molecule has 5 heteroatoms. The highest BCUT2D eigenvalue weighted by Crippen LogP contribution is 2.14. The molecule has 19 heavy (non-hydrogen) atoms. The first kappa shape index (κ1) is 15.7. The van der Waals surface area contributed by atoms with Gasteiger partial charge < -0.3 is 10.1 Å². The molecule has 0 radical (unpaired) electrons. The fraction of sp³-hybridized carbons (Fsp3) is 0.429. The van der Waals surface area contributed by atoms with Crippen molar-refractivity contribution >= 4 is 27.8 Å². The summed E-state index contributed by atoms with van der Waals surface area (Å²) in [7, 11) is 1.31. The number of halogens is 1. The average molecular weight is 328 g/mol. The van der Waals surface area contributed by atoms with Crippen molar-refractivity contribution in [3.63, 3.8) is 0 Å². The van der Waals surface area contributed by atoms with Crippen LogP contribution >= 0.6 is 15.9 Å². The lowest BCUT2D eigenvalue weighted by Crippen LogP contribution is -2.34. The summed E-state index contributed by atoms with van der Waals surface area (Å²) < 4.78 is 4.73. The van der Waals surface area contributed by atoms with Crippen molar-refractivity contribution in [3.8, 4) is 0 Å². The molecule has 1 atom stereocenters. The van der Waals surface area contributed by atoms with Gasteiger partial charge in [-0.2, -0.15) is 0 Å². The lowest BCUT2D eigenvalue weighted by Gasteiger charge is -2.16. The highest BCUT2D eigenvalue weighted by Gasteiger charge is 2.22. The minimum absolute atomic E-state index is 0.139. The maximum absolute atomic E-state index is 11.8. The smallest absolute Gasteiger partial charge is 0.333 e. The summed E-state index contributed by atoms with van der Waals surface area (Å²) in [5.41, 5.74) is 0.725. The Balaban J connectivity index is 2.66. The number of nitrogens with one attached hydrogen (secondary N) is 1. The monoisotopic (exact) mass is 327 g/mol. The molecule has 0 fully saturated rings. The second kappa shape index (κ2) is 8.69. The Hall–Kier alpha value is -1.36. The van der Waals surface area contributed by atoms with Gasteiger partial charge in [-0.15, -0.1) is 0 Å². The second-order valence-electron chi connectivity index (χ2n) is 4.08. The van der Waals surface area contributed by atoms with Crippen LogP contribution in [0.5, 0.6) is 0 Å². The van der Waals surface area contributed by atoms with Crippen LogP contribution in [0.25, 0.3) is 0 Å². The van der Waals surface area contributed by atoms with Gasteiger partial charge in [0, 0.05) is 11.8 Å². The van der Waals surface area contributed by atoms with E-state index in [-0.39, 0.29) is 5.91 Å². The Morgan fingerprint density at radius 1 is 1.26 bits per heavy atom. The normalized spacial score (nSPS) is 11.7. The SMILES string of the molecule is COC(=O)C(NC(=O)CCCCBr)c1ccccc1. The Morgan fingerprint density at radius 2 is 1.95 bits per heavy atom. The molecule has 0 aromatic heterocycles. The Kier molecular flexibility index (Phi) is 7.18. The number of hydrogen-bond acceptors (Lipinski definition) is 3. The fourth-order valence-electron chi connectivity index (χ4n) is 1.65. The predicted molar refractivity (Wildman–Crippen MR) is 77.0 cm³/mol. The van der Waals surface area contributed by atoms with E-state index in [1.54, 1.807) is 12.1 Å². The molecule has 104 valence electrons. The molecule has 0 aliphatic carbocycles. The highest BCUT2D eigenvalue weighted by atomic mass is 79.9. The van der Waals surface area contributed by atoms with Crippen LogP contribution in [0.3, 0.4) is 0 Å². The molecule has 0 spiro atoms. The number of amides is 1. The molecular formula is C14H18BrNO3. The van der Waals surface area contributed by atoms with Crippen LogP contribution in [-0.2, 0) is 14.3 Å². The predicted octanol–water partition coefficient (Wildman–Crippen LogP) is 2.58. The van der Waals surface area contributed by atoms with Crippen molar-refractivity contribution in [1.29, 1.82) is 0 Å². The summed E-state index contributed by atoms with van der Waals surface area (Å²) in [6.07, 6.45) is 2.13. The number of carbonyl (C=O) groups is 2. The largest absolute Gasteiger partial charge is 0.467 e. The summed E-state index contributed by atoms with van der Waals surface area (Å²) in [4.78, 5) is 23.5. The summed E-state index contributed by atoms with van der Waals surface area (Å²) in [5.74, 6) is -0.597. The number of rotatable bonds is 7. The highest BCUT2D eigenvalue weighted by molar-refractivity contribution is 9.09. The van der Waals surface area contributed by atoms with Crippen molar-refractivity contribution in [3.05, 3.63) is 35.9 Å². The standard InChI is InChI=1S/C14H18BrNO3/c1-19-14(18)13(11-7-3-2-4-8-11)16-12(17)9-5-6-10-15/h2-4,7-8,13H,5-6,9-10H2,1H3,(H,16,17). The molecule has 0 saturated carbocycles. The van der Waals surface area contributed by atoms with Gasteiger partial charge in [-0.1, -0.05) is 46.3 Å². The number of benzene rings is 1. The van der Waals surface area contributed by atoms with E-state index in [0.717, 1.165) is 23.7 Å². The number of ether oxygens (including phenoxy) is 1. The van der Waals surface area contributed by atoms with Gasteiger partial charge in [-0.05, 0) is 18.4 Å². The molecule has 1 aromatic rings. The van der Waals surface area contributed by atoms with E-state index in [0.29, 0.717) is 6.42 Å². The van der Waals surface area contributed by atoms with Gasteiger partial charge in [0.2, 0.25) is 5.91 Å². The van der Waals surface area contributed by atoms with Crippen LogP contribution in [0.2, 0.25) is 0 Å². The van der Waals surface area contributed by atoms with E-state index in [1.807, 2.05) is 18.2 Å². The number of esters is 1. The summed E-state index contributed by atoms with van der Waals surface area (Å²) in [6, 6.07) is 8.35. The van der Waals surface area contributed by atoms with Crippen molar-refractivity contribution in [2.24, 2.45) is 0 Å². The summed E-state index contributed by atoms with van der Waals surface area (Å²) in [6.45, 7) is 0. The van der Waals surface area contributed by atoms with Gasteiger partial charge in [0.25, 0.3) is 0 Å². The van der Waals surface area contributed by atoms with E-state index >= 15 is 0 Å². The van der Waals surface area contributed by atoms with Crippen molar-refractivity contribution in [1.82, 2.24) is 5.32 Å². The Bertz CT molecular complexity index is 408. The third-order valence-corrected chi connectivity index (χ3v) is 3.22. The summed E-state index contributed by atoms with van der Waals surface area (Å²) in [5, 5.41) is 3.59. The Morgan fingerprint density at radius 3 is 2.53 bits per heavy atom. The second-order valence-corrected chi connectivity index (χ2v) is 4.87. The van der Waals surface area contributed by atoms with Crippen LogP contribution in [0.4, 0.5) is 0 Å². The van der Waals surface area contributed by atoms with E-state index in [1.165, 1.54) is 7.11 Å². The van der Waals surface area contributed by atoms with E-state index in [9.17, 15) is 9.59 Å². The van der Waals surface area contributed by atoms with Crippen LogP contribution in [0.15, 0.2) is 30.3 Å². The maximum atomic E-state index is 11.8. The quantitative estimate of drug-likeness (QED) is 0.475. The van der Waals surface area contributed by atoms with Gasteiger partial charge in [-0.3, -0.25) is 4.79 Å². The molecule has 0 aliphatic heterocycles. The van der Waals surface area contributed by atoms with Crippen molar-refractivity contribution in [2.75, 3.05) is 12.4 Å². The minimum atomic E-state index is -0.734. The van der Waals surface area contributed by atoms with E-state index < -0.39 is 12.0 Å². The lowest BCUT2D eigenvalue weighted by molar-refractivity contribution is -0.145. The molecule has 1 aromatic carbocycles. The number of hydrogen-bond donors (Lipinski definition) is 1. The first-order valence-electron chi connectivity index (χ1n) is 6.17. The fourth-order valence-corrected chi connectivity index (χ4v) is 2.05. The first-order chi connectivity index (χ1) is 9.19. The molecular weight excluding hydrogens is 310 g/mol. The zero-order valence-electron chi connectivity index (χ0n) is 10.9. The number of methoxy groups -OCH3 is 1. The zero-order chi connectivity index (χ0) is 14.1. The number of alkyl halides is 1. The third-order valence-electron chi connectivity index (χ3n) is 2.66.